The van der Waals surface area contributed by atoms with Crippen LogP contribution in [0.4, 0.5) is 0 Å². The molecule has 0 aliphatic rings. The van der Waals surface area contributed by atoms with Crippen molar-refractivity contribution in [3.05, 3.63) is 133 Å². The Kier molecular flexibility index (Phi) is 4.55. The Balaban J connectivity index is 1.75. The predicted octanol–water partition coefficient (Wildman–Crippen LogP) is 8.99. The molecule has 0 unspecified atom stereocenters. The number of rotatable bonds is 3. The highest BCUT2D eigenvalue weighted by atomic mass is 14.2. The van der Waals surface area contributed by atoms with Gasteiger partial charge >= 0.3 is 0 Å². The highest BCUT2D eigenvalue weighted by Gasteiger charge is 2.16. The van der Waals surface area contributed by atoms with E-state index >= 15 is 0 Å². The molecule has 150 valence electrons. The van der Waals surface area contributed by atoms with E-state index in [1.807, 2.05) is 0 Å². The maximum Gasteiger partial charge on any atom is -0.00204 e. The first-order chi connectivity index (χ1) is 15.9. The van der Waals surface area contributed by atoms with Crippen LogP contribution in [0.1, 0.15) is 0 Å². The predicted molar refractivity (Wildman–Crippen MR) is 138 cm³/mol. The van der Waals surface area contributed by atoms with Crippen LogP contribution in [0.5, 0.6) is 0 Å². The molecule has 6 rings (SSSR count). The molecule has 0 aliphatic carbocycles. The quantitative estimate of drug-likeness (QED) is 0.257. The average molecular weight is 407 g/mol. The summed E-state index contributed by atoms with van der Waals surface area (Å²) in [6, 6.07) is 48.0. The molecule has 6 aromatic rings. The van der Waals surface area contributed by atoms with Gasteiger partial charge in [0.2, 0.25) is 0 Å². The van der Waals surface area contributed by atoms with Crippen LogP contribution >= 0.6 is 0 Å². The lowest BCUT2D eigenvalue weighted by Crippen LogP contribution is -1.91. The lowest BCUT2D eigenvalue weighted by Gasteiger charge is -2.18. The van der Waals surface area contributed by atoms with Gasteiger partial charge in [-0.05, 0) is 67.1 Å². The third-order valence-electron chi connectivity index (χ3n) is 6.25. The maximum absolute atomic E-state index is 2.36. The van der Waals surface area contributed by atoms with E-state index in [0.29, 0.717) is 0 Å². The SMILES string of the molecule is c1ccc(-c2ccccc2-c2c(-c3ccccc3)ccc3cc4ccccc4cc23)cc1. The largest absolute Gasteiger partial charge is 0.0622 e. The third-order valence-corrected chi connectivity index (χ3v) is 6.25. The first kappa shape index (κ1) is 18.6. The van der Waals surface area contributed by atoms with E-state index in [4.69, 9.17) is 0 Å². The molecule has 0 heteroatoms. The highest BCUT2D eigenvalue weighted by molar-refractivity contribution is 6.11. The molecule has 0 nitrogen and oxygen atoms in total. The second kappa shape index (κ2) is 7.83. The van der Waals surface area contributed by atoms with Crippen molar-refractivity contribution in [2.24, 2.45) is 0 Å². The second-order valence-corrected chi connectivity index (χ2v) is 8.19. The maximum atomic E-state index is 2.36. The molecule has 0 saturated carbocycles. The third kappa shape index (κ3) is 3.18. The summed E-state index contributed by atoms with van der Waals surface area (Å²) in [5.74, 6) is 0. The average Bonchev–Trinajstić information content (AvgIpc) is 2.88. The number of hydrogen-bond acceptors (Lipinski definition) is 0. The van der Waals surface area contributed by atoms with E-state index in [1.54, 1.807) is 0 Å². The summed E-state index contributed by atoms with van der Waals surface area (Å²) < 4.78 is 0. The molecule has 0 N–H and O–H groups in total. The van der Waals surface area contributed by atoms with Gasteiger partial charge in [0.25, 0.3) is 0 Å². The van der Waals surface area contributed by atoms with Gasteiger partial charge in [-0.2, -0.15) is 0 Å². The van der Waals surface area contributed by atoms with Crippen molar-refractivity contribution in [1.29, 1.82) is 0 Å². The summed E-state index contributed by atoms with van der Waals surface area (Å²) in [6.07, 6.45) is 0. The van der Waals surface area contributed by atoms with Crippen molar-refractivity contribution in [3.63, 3.8) is 0 Å². The molecule has 0 bridgehead atoms. The van der Waals surface area contributed by atoms with E-state index in [0.717, 1.165) is 0 Å². The van der Waals surface area contributed by atoms with Gasteiger partial charge < -0.3 is 0 Å². The van der Waals surface area contributed by atoms with Crippen LogP contribution in [0.25, 0.3) is 54.9 Å². The fourth-order valence-corrected chi connectivity index (χ4v) is 4.73. The van der Waals surface area contributed by atoms with Crippen LogP contribution in [0.2, 0.25) is 0 Å². The normalized spacial score (nSPS) is 11.1. The van der Waals surface area contributed by atoms with Gasteiger partial charge in [0.05, 0.1) is 0 Å². The minimum atomic E-state index is 1.24. The molecular formula is C32H22. The lowest BCUT2D eigenvalue weighted by atomic mass is 9.85. The Morgan fingerprint density at radius 1 is 0.312 bits per heavy atom. The topological polar surface area (TPSA) is 0 Å². The standard InChI is InChI=1S/C32H22/c1-3-11-23(12-4-1)28-17-9-10-18-30(28)32-29(24-13-5-2-6-14-24)20-19-27-21-25-15-7-8-16-26(25)22-31(27)32/h1-22H. The molecular weight excluding hydrogens is 384 g/mol. The fraction of sp³-hybridized carbons (Fsp3) is 0. The van der Waals surface area contributed by atoms with Gasteiger partial charge in [-0.1, -0.05) is 121 Å². The van der Waals surface area contributed by atoms with Gasteiger partial charge in [-0.3, -0.25) is 0 Å². The molecule has 0 aromatic heterocycles. The number of fused-ring (bicyclic) bond motifs is 2. The van der Waals surface area contributed by atoms with Gasteiger partial charge in [0, 0.05) is 0 Å². The summed E-state index contributed by atoms with van der Waals surface area (Å²) >= 11 is 0. The zero-order valence-electron chi connectivity index (χ0n) is 17.7. The molecule has 0 aliphatic heterocycles. The van der Waals surface area contributed by atoms with Gasteiger partial charge in [0.1, 0.15) is 0 Å². The van der Waals surface area contributed by atoms with E-state index in [1.165, 1.54) is 54.9 Å². The van der Waals surface area contributed by atoms with Crippen LogP contribution in [0.15, 0.2) is 133 Å². The molecule has 0 amide bonds. The van der Waals surface area contributed by atoms with Crippen molar-refractivity contribution >= 4 is 21.5 Å². The summed E-state index contributed by atoms with van der Waals surface area (Å²) in [5.41, 5.74) is 7.54. The van der Waals surface area contributed by atoms with Crippen molar-refractivity contribution in [2.75, 3.05) is 0 Å². The smallest absolute Gasteiger partial charge is 0.00204 e. The summed E-state index contributed by atoms with van der Waals surface area (Å²) in [6.45, 7) is 0. The van der Waals surface area contributed by atoms with Crippen LogP contribution in [0.3, 0.4) is 0 Å². The van der Waals surface area contributed by atoms with E-state index in [9.17, 15) is 0 Å². The van der Waals surface area contributed by atoms with Crippen LogP contribution < -0.4 is 0 Å². The molecule has 0 spiro atoms. The summed E-state index contributed by atoms with van der Waals surface area (Å²) in [4.78, 5) is 0. The molecule has 0 saturated heterocycles. The van der Waals surface area contributed by atoms with E-state index < -0.39 is 0 Å². The molecule has 32 heavy (non-hydrogen) atoms. The van der Waals surface area contributed by atoms with Crippen LogP contribution in [-0.4, -0.2) is 0 Å². The minimum Gasteiger partial charge on any atom is -0.0622 e. The molecule has 6 aromatic carbocycles. The van der Waals surface area contributed by atoms with Gasteiger partial charge in [-0.15, -0.1) is 0 Å². The lowest BCUT2D eigenvalue weighted by molar-refractivity contribution is 1.58. The Hall–Kier alpha value is -4.16. The summed E-state index contributed by atoms with van der Waals surface area (Å²) in [5, 5.41) is 5.09. The Morgan fingerprint density at radius 2 is 0.844 bits per heavy atom. The van der Waals surface area contributed by atoms with Crippen LogP contribution in [-0.2, 0) is 0 Å². The van der Waals surface area contributed by atoms with Crippen molar-refractivity contribution < 1.29 is 0 Å². The number of benzene rings is 6. The zero-order chi connectivity index (χ0) is 21.3. The first-order valence-corrected chi connectivity index (χ1v) is 11.0. The zero-order valence-corrected chi connectivity index (χ0v) is 17.7. The highest BCUT2D eigenvalue weighted by Crippen LogP contribution is 2.43. The van der Waals surface area contributed by atoms with E-state index in [2.05, 4.69) is 133 Å². The van der Waals surface area contributed by atoms with E-state index in [-0.39, 0.29) is 0 Å². The van der Waals surface area contributed by atoms with Gasteiger partial charge in [0.15, 0.2) is 0 Å². The Bertz CT molecular complexity index is 1540. The number of hydrogen-bond donors (Lipinski definition) is 0. The Labute approximate surface area is 188 Å². The molecule has 0 atom stereocenters. The Morgan fingerprint density at radius 3 is 1.53 bits per heavy atom. The minimum absolute atomic E-state index is 1.24. The van der Waals surface area contributed by atoms with Crippen molar-refractivity contribution in [1.82, 2.24) is 0 Å². The molecule has 0 radical (unpaired) electrons. The summed E-state index contributed by atoms with van der Waals surface area (Å²) in [7, 11) is 0. The monoisotopic (exact) mass is 406 g/mol. The van der Waals surface area contributed by atoms with Crippen LogP contribution in [0, 0.1) is 0 Å². The van der Waals surface area contributed by atoms with Crippen molar-refractivity contribution in [3.8, 4) is 33.4 Å². The second-order valence-electron chi connectivity index (χ2n) is 8.19. The molecule has 0 heterocycles. The fourth-order valence-electron chi connectivity index (χ4n) is 4.73. The first-order valence-electron chi connectivity index (χ1n) is 11.0. The van der Waals surface area contributed by atoms with Gasteiger partial charge in [-0.25, -0.2) is 0 Å². The van der Waals surface area contributed by atoms with Crippen molar-refractivity contribution in [2.45, 2.75) is 0 Å². The molecule has 0 fully saturated rings.